The molecule has 15 rings (SSSR count). The zero-order valence-electron chi connectivity index (χ0n) is 37.5. The minimum Gasteiger partial charge on any atom is -0.135 e. The van der Waals surface area contributed by atoms with Crippen molar-refractivity contribution in [3.8, 4) is 66.8 Å². The van der Waals surface area contributed by atoms with Gasteiger partial charge in [0, 0.05) is 20.2 Å². The van der Waals surface area contributed by atoms with Crippen molar-refractivity contribution in [1.29, 1.82) is 0 Å². The maximum absolute atomic E-state index is 2.45. The van der Waals surface area contributed by atoms with E-state index in [1.807, 2.05) is 11.3 Å². The Bertz CT molecular complexity index is 4190. The van der Waals surface area contributed by atoms with E-state index in [2.05, 4.69) is 243 Å². The Morgan fingerprint density at radius 2 is 0.464 bits per heavy atom. The minimum atomic E-state index is 1.23. The summed E-state index contributed by atoms with van der Waals surface area (Å²) in [5, 5.41) is 18.2. The molecule has 1 heteroatoms. The Morgan fingerprint density at radius 1 is 0.188 bits per heavy atom. The number of rotatable bonds is 6. The molecule has 0 bridgehead atoms. The van der Waals surface area contributed by atoms with Gasteiger partial charge in [-0.2, -0.15) is 0 Å². The third-order valence-corrected chi connectivity index (χ3v) is 16.2. The highest BCUT2D eigenvalue weighted by Crippen LogP contribution is 2.47. The zero-order chi connectivity index (χ0) is 45.2. The number of thiophene rings is 1. The standard InChI is InChI=1S/C68H40S/c1-3-7-41(8-4-1)43-11-15-45(16-12-43)53-29-19-47-25-35-59-55(31-21-49-23-33-57(53)65(47)67(49)59)51-27-37-63-61(39-51)62-40-52(28-38-64(62)69-63)56-32-22-50-24-34-58-54(30-20-48-26-36-60(56)68(50)66(48)58)46-17-13-44(14-18-46)42-9-5-2-6-10-42/h1-40H. The predicted octanol–water partition coefficient (Wildman–Crippen LogP) is 19.9. The van der Waals surface area contributed by atoms with Crippen molar-refractivity contribution in [2.75, 3.05) is 0 Å². The van der Waals surface area contributed by atoms with Crippen LogP contribution in [-0.2, 0) is 0 Å². The summed E-state index contributed by atoms with van der Waals surface area (Å²) >= 11 is 1.89. The van der Waals surface area contributed by atoms with Crippen LogP contribution in [0.2, 0.25) is 0 Å². The molecule has 0 N–H and O–H groups in total. The molecule has 1 aromatic heterocycles. The monoisotopic (exact) mass is 888 g/mol. The van der Waals surface area contributed by atoms with Gasteiger partial charge in [-0.3, -0.25) is 0 Å². The number of fused-ring (bicyclic) bond motifs is 3. The van der Waals surface area contributed by atoms with Gasteiger partial charge >= 0.3 is 0 Å². The van der Waals surface area contributed by atoms with Gasteiger partial charge in [0.15, 0.2) is 0 Å². The van der Waals surface area contributed by atoms with Gasteiger partial charge in [-0.25, -0.2) is 0 Å². The molecule has 0 aliphatic carbocycles. The number of hydrogen-bond acceptors (Lipinski definition) is 1. The second kappa shape index (κ2) is 14.9. The largest absolute Gasteiger partial charge is 0.135 e. The van der Waals surface area contributed by atoms with Crippen LogP contribution >= 0.6 is 11.3 Å². The van der Waals surface area contributed by atoms with Crippen molar-refractivity contribution in [3.05, 3.63) is 243 Å². The average Bonchev–Trinajstić information content (AvgIpc) is 3.79. The summed E-state index contributed by atoms with van der Waals surface area (Å²) < 4.78 is 2.62. The molecule has 0 unspecified atom stereocenters. The fraction of sp³-hybridized carbons (Fsp3) is 0. The van der Waals surface area contributed by atoms with Gasteiger partial charge in [0.05, 0.1) is 0 Å². The van der Waals surface area contributed by atoms with Crippen LogP contribution in [0.15, 0.2) is 243 Å². The Morgan fingerprint density at radius 3 is 0.812 bits per heavy atom. The molecule has 15 aromatic rings. The van der Waals surface area contributed by atoms with E-state index in [-0.39, 0.29) is 0 Å². The first kappa shape index (κ1) is 38.5. The van der Waals surface area contributed by atoms with E-state index in [0.29, 0.717) is 0 Å². The molecule has 14 aromatic carbocycles. The lowest BCUT2D eigenvalue weighted by Crippen LogP contribution is -1.90. The Labute approximate surface area is 403 Å². The molecule has 0 aliphatic heterocycles. The van der Waals surface area contributed by atoms with Crippen molar-refractivity contribution >= 4 is 96.1 Å². The maximum atomic E-state index is 2.45. The molecule has 69 heavy (non-hydrogen) atoms. The van der Waals surface area contributed by atoms with Crippen molar-refractivity contribution < 1.29 is 0 Å². The second-order valence-corrected chi connectivity index (χ2v) is 19.8. The molecule has 0 atom stereocenters. The summed E-state index contributed by atoms with van der Waals surface area (Å²) in [6.45, 7) is 0. The Hall–Kier alpha value is -8.62. The van der Waals surface area contributed by atoms with E-state index >= 15 is 0 Å². The zero-order valence-corrected chi connectivity index (χ0v) is 38.3. The fourth-order valence-electron chi connectivity index (χ4n) is 11.7. The highest BCUT2D eigenvalue weighted by Gasteiger charge is 2.19. The summed E-state index contributed by atoms with van der Waals surface area (Å²) in [6.07, 6.45) is 0. The van der Waals surface area contributed by atoms with Gasteiger partial charge in [-0.05, 0) is 156 Å². The number of hydrogen-bond donors (Lipinski definition) is 0. The van der Waals surface area contributed by atoms with Crippen LogP contribution in [0.5, 0.6) is 0 Å². The van der Waals surface area contributed by atoms with E-state index in [1.165, 1.54) is 152 Å². The highest BCUT2D eigenvalue weighted by atomic mass is 32.1. The maximum Gasteiger partial charge on any atom is 0.0355 e. The lowest BCUT2D eigenvalue weighted by Gasteiger charge is -2.17. The minimum absolute atomic E-state index is 1.23. The van der Waals surface area contributed by atoms with Gasteiger partial charge < -0.3 is 0 Å². The van der Waals surface area contributed by atoms with Crippen LogP contribution in [0, 0.1) is 0 Å². The van der Waals surface area contributed by atoms with Crippen LogP contribution in [0.3, 0.4) is 0 Å². The van der Waals surface area contributed by atoms with Crippen LogP contribution in [0.1, 0.15) is 0 Å². The fourth-order valence-corrected chi connectivity index (χ4v) is 12.7. The first-order valence-corrected chi connectivity index (χ1v) is 24.7. The molecule has 1 heterocycles. The molecule has 0 radical (unpaired) electrons. The van der Waals surface area contributed by atoms with Crippen LogP contribution in [0.25, 0.3) is 152 Å². The first-order chi connectivity index (χ1) is 34.2. The summed E-state index contributed by atoms with van der Waals surface area (Å²) in [4.78, 5) is 0. The SMILES string of the molecule is c1ccc(-c2ccc(-c3ccc4ccc5c(-c6ccc7sc8ccc(-c9ccc%10ccc%11c(-c%12ccc(-c%13ccccc%13)cc%12)ccc%12ccc9c%10c%12%11)cc8c7c6)ccc6ccc3c4c65)cc2)cc1. The quantitative estimate of drug-likeness (QED) is 0.146. The van der Waals surface area contributed by atoms with E-state index in [1.54, 1.807) is 0 Å². The summed E-state index contributed by atoms with van der Waals surface area (Å²) in [7, 11) is 0. The normalized spacial score (nSPS) is 12.1. The molecular weight excluding hydrogens is 849 g/mol. The van der Waals surface area contributed by atoms with Crippen molar-refractivity contribution in [2.45, 2.75) is 0 Å². The van der Waals surface area contributed by atoms with Crippen molar-refractivity contribution in [3.63, 3.8) is 0 Å². The predicted molar refractivity (Wildman–Crippen MR) is 299 cm³/mol. The van der Waals surface area contributed by atoms with Crippen LogP contribution in [0.4, 0.5) is 0 Å². The lowest BCUT2D eigenvalue weighted by atomic mass is 9.86. The van der Waals surface area contributed by atoms with Gasteiger partial charge in [0.1, 0.15) is 0 Å². The first-order valence-electron chi connectivity index (χ1n) is 23.9. The topological polar surface area (TPSA) is 0 Å². The molecule has 0 saturated heterocycles. The molecule has 0 amide bonds. The summed E-state index contributed by atoms with van der Waals surface area (Å²) in [5.41, 5.74) is 15.0. The summed E-state index contributed by atoms with van der Waals surface area (Å²) in [5.74, 6) is 0. The van der Waals surface area contributed by atoms with Gasteiger partial charge in [0.25, 0.3) is 0 Å². The van der Waals surface area contributed by atoms with E-state index < -0.39 is 0 Å². The molecule has 0 nitrogen and oxygen atoms in total. The summed E-state index contributed by atoms with van der Waals surface area (Å²) in [6, 6.07) is 90.8. The van der Waals surface area contributed by atoms with Gasteiger partial charge in [-0.15, -0.1) is 11.3 Å². The van der Waals surface area contributed by atoms with Crippen LogP contribution < -0.4 is 0 Å². The average molecular weight is 889 g/mol. The molecule has 318 valence electrons. The molecule has 0 saturated carbocycles. The molecule has 0 spiro atoms. The van der Waals surface area contributed by atoms with E-state index in [4.69, 9.17) is 0 Å². The highest BCUT2D eigenvalue weighted by molar-refractivity contribution is 7.25. The van der Waals surface area contributed by atoms with Gasteiger partial charge in [0.2, 0.25) is 0 Å². The van der Waals surface area contributed by atoms with Gasteiger partial charge in [-0.1, -0.05) is 218 Å². The molecule has 0 fully saturated rings. The molecule has 0 aliphatic rings. The van der Waals surface area contributed by atoms with E-state index in [9.17, 15) is 0 Å². The Balaban J connectivity index is 0.834. The lowest BCUT2D eigenvalue weighted by molar-refractivity contribution is 1.61. The Kier molecular flexibility index (Phi) is 8.33. The number of benzene rings is 14. The third kappa shape index (κ3) is 5.94. The third-order valence-electron chi connectivity index (χ3n) is 15.0. The second-order valence-electron chi connectivity index (χ2n) is 18.7. The van der Waals surface area contributed by atoms with E-state index in [0.717, 1.165) is 0 Å². The molecular formula is C68H40S. The van der Waals surface area contributed by atoms with Crippen LogP contribution in [-0.4, -0.2) is 0 Å². The smallest absolute Gasteiger partial charge is 0.0355 e. The van der Waals surface area contributed by atoms with Crippen molar-refractivity contribution in [1.82, 2.24) is 0 Å². The van der Waals surface area contributed by atoms with Crippen molar-refractivity contribution in [2.24, 2.45) is 0 Å².